The second-order valence-corrected chi connectivity index (χ2v) is 6.61. The lowest BCUT2D eigenvalue weighted by Gasteiger charge is -2.33. The number of aromatic hydroxyl groups is 1. The van der Waals surface area contributed by atoms with Crippen LogP contribution in [0.4, 0.5) is 0 Å². The average molecular weight is 341 g/mol. The highest BCUT2D eigenvalue weighted by atomic mass is 16.5. The van der Waals surface area contributed by atoms with Gasteiger partial charge in [0.05, 0.1) is 25.7 Å². The number of carbonyl (C=O) groups excluding carboxylic acids is 2. The fourth-order valence-corrected chi connectivity index (χ4v) is 4.20. The van der Waals surface area contributed by atoms with Gasteiger partial charge in [-0.25, -0.2) is 0 Å². The molecule has 1 saturated heterocycles. The molecule has 0 aromatic heterocycles. The van der Waals surface area contributed by atoms with E-state index in [-0.39, 0.29) is 23.5 Å². The Morgan fingerprint density at radius 2 is 1.84 bits per heavy atom. The highest BCUT2D eigenvalue weighted by Crippen LogP contribution is 2.53. The molecule has 1 aromatic rings. The van der Waals surface area contributed by atoms with Crippen molar-refractivity contribution in [1.82, 2.24) is 4.90 Å². The largest absolute Gasteiger partial charge is 0.504 e. The van der Waals surface area contributed by atoms with E-state index in [1.54, 1.807) is 25.3 Å². The van der Waals surface area contributed by atoms with Gasteiger partial charge in [-0.05, 0) is 36.6 Å². The zero-order chi connectivity index (χ0) is 17.8. The number of ether oxygens (including phenoxy) is 2. The first-order valence-electron chi connectivity index (χ1n) is 8.21. The normalized spacial score (nSPS) is 23.0. The van der Waals surface area contributed by atoms with Crippen LogP contribution < -0.4 is 9.47 Å². The predicted molar refractivity (Wildman–Crippen MR) is 89.7 cm³/mol. The number of phenolic OH excluding ortho intramolecular Hbond substituents is 1. The van der Waals surface area contributed by atoms with Crippen molar-refractivity contribution in [2.75, 3.05) is 20.8 Å². The fourth-order valence-electron chi connectivity index (χ4n) is 4.20. The molecule has 3 aliphatic rings. The number of allylic oxidation sites excluding steroid dienone is 2. The molecule has 1 atom stereocenters. The second kappa shape index (κ2) is 5.37. The molecular formula is C19H19NO5. The number of benzene rings is 1. The maximum atomic E-state index is 13.0. The summed E-state index contributed by atoms with van der Waals surface area (Å²) in [5.74, 6) is 0.732. The molecule has 1 N–H and O–H groups in total. The van der Waals surface area contributed by atoms with Crippen LogP contribution in [0.2, 0.25) is 0 Å². The number of ketones is 1. The van der Waals surface area contributed by atoms with E-state index in [1.807, 2.05) is 4.90 Å². The van der Waals surface area contributed by atoms with Crippen LogP contribution >= 0.6 is 0 Å². The van der Waals surface area contributed by atoms with Gasteiger partial charge in [0.25, 0.3) is 0 Å². The highest BCUT2D eigenvalue weighted by Gasteiger charge is 2.51. The Balaban J connectivity index is 1.82. The van der Waals surface area contributed by atoms with Crippen molar-refractivity contribution < 1.29 is 24.2 Å². The van der Waals surface area contributed by atoms with Crippen molar-refractivity contribution in [3.63, 3.8) is 0 Å². The number of nitrogens with zero attached hydrogens (tertiary/aromatic N) is 1. The van der Waals surface area contributed by atoms with Crippen LogP contribution in [0.15, 0.2) is 30.4 Å². The Kier molecular flexibility index (Phi) is 3.39. The Hall–Kier alpha value is -2.76. The summed E-state index contributed by atoms with van der Waals surface area (Å²) in [6, 6.07) is 1.51. The summed E-state index contributed by atoms with van der Waals surface area (Å²) < 4.78 is 10.8. The molecule has 0 bridgehead atoms. The number of fused-ring (bicyclic) bond motifs is 3. The van der Waals surface area contributed by atoms with Crippen molar-refractivity contribution in [2.45, 2.75) is 18.9 Å². The lowest BCUT2D eigenvalue weighted by molar-refractivity contribution is -0.133. The molecule has 1 amide bonds. The van der Waals surface area contributed by atoms with Gasteiger partial charge in [0.15, 0.2) is 17.3 Å². The van der Waals surface area contributed by atoms with E-state index >= 15 is 0 Å². The van der Waals surface area contributed by atoms with Gasteiger partial charge in [-0.1, -0.05) is 12.2 Å². The monoisotopic (exact) mass is 341 g/mol. The molecule has 1 aromatic carbocycles. The zero-order valence-corrected chi connectivity index (χ0v) is 14.1. The van der Waals surface area contributed by atoms with Crippen molar-refractivity contribution in [3.8, 4) is 17.2 Å². The summed E-state index contributed by atoms with van der Waals surface area (Å²) >= 11 is 0. The first kappa shape index (κ1) is 15.7. The van der Waals surface area contributed by atoms with Crippen LogP contribution in [-0.4, -0.2) is 42.5 Å². The van der Waals surface area contributed by atoms with Crippen LogP contribution in [0.25, 0.3) is 0 Å². The van der Waals surface area contributed by atoms with Crippen molar-refractivity contribution in [3.05, 3.63) is 41.5 Å². The molecule has 6 heteroatoms. The van der Waals surface area contributed by atoms with Gasteiger partial charge in [0, 0.05) is 12.1 Å². The summed E-state index contributed by atoms with van der Waals surface area (Å²) in [5.41, 5.74) is 1.07. The summed E-state index contributed by atoms with van der Waals surface area (Å²) in [6.45, 7) is 0.568. The number of hydrogen-bond donors (Lipinski definition) is 1. The minimum atomic E-state index is -0.775. The minimum Gasteiger partial charge on any atom is -0.504 e. The standard InChI is InChI=1S/C19H19NO5/c1-24-16-12-5-8-20-14(13(12)9-15(22)17(16)25-2)10-19(18(20)23)6-3-11(21)4-7-19/h3-4,6-7,9,14,22H,5,8,10H2,1-2H3. The molecule has 25 heavy (non-hydrogen) atoms. The third-order valence-corrected chi connectivity index (χ3v) is 5.38. The van der Waals surface area contributed by atoms with Gasteiger partial charge in [0.1, 0.15) is 0 Å². The number of hydrogen-bond acceptors (Lipinski definition) is 5. The van der Waals surface area contributed by atoms with Crippen molar-refractivity contribution in [1.29, 1.82) is 0 Å². The molecule has 1 fully saturated rings. The lowest BCUT2D eigenvalue weighted by atomic mass is 9.79. The molecular weight excluding hydrogens is 322 g/mol. The van der Waals surface area contributed by atoms with Crippen LogP contribution in [0.1, 0.15) is 23.6 Å². The molecule has 4 rings (SSSR count). The molecule has 0 saturated carbocycles. The van der Waals surface area contributed by atoms with Gasteiger partial charge >= 0.3 is 0 Å². The number of carbonyl (C=O) groups is 2. The molecule has 2 aliphatic heterocycles. The van der Waals surface area contributed by atoms with E-state index < -0.39 is 5.41 Å². The molecule has 1 spiro atoms. The molecule has 0 radical (unpaired) electrons. The smallest absolute Gasteiger partial charge is 0.237 e. The molecule has 130 valence electrons. The van der Waals surface area contributed by atoms with Crippen LogP contribution in [0, 0.1) is 5.41 Å². The third-order valence-electron chi connectivity index (χ3n) is 5.38. The summed E-state index contributed by atoms with van der Waals surface area (Å²) in [5, 5.41) is 10.3. The van der Waals surface area contributed by atoms with E-state index in [0.29, 0.717) is 30.9 Å². The Labute approximate surface area is 145 Å². The van der Waals surface area contributed by atoms with E-state index in [1.165, 1.54) is 19.3 Å². The van der Waals surface area contributed by atoms with Crippen molar-refractivity contribution in [2.24, 2.45) is 5.41 Å². The van der Waals surface area contributed by atoms with E-state index in [4.69, 9.17) is 9.47 Å². The topological polar surface area (TPSA) is 76.1 Å². The fraction of sp³-hybridized carbons (Fsp3) is 0.368. The summed E-state index contributed by atoms with van der Waals surface area (Å²) in [4.78, 5) is 26.3. The number of rotatable bonds is 2. The SMILES string of the molecule is COc1c(O)cc2c(c1OC)CCN1C(=O)C3(C=CC(=O)C=C3)CC21. The van der Waals surface area contributed by atoms with Crippen LogP contribution in [0.5, 0.6) is 17.2 Å². The second-order valence-electron chi connectivity index (χ2n) is 6.61. The van der Waals surface area contributed by atoms with Gasteiger partial charge in [0.2, 0.25) is 11.7 Å². The number of amides is 1. The average Bonchev–Trinajstić information content (AvgIpc) is 2.89. The van der Waals surface area contributed by atoms with Crippen LogP contribution in [-0.2, 0) is 16.0 Å². The molecule has 6 nitrogen and oxygen atoms in total. The quantitative estimate of drug-likeness (QED) is 0.889. The molecule has 1 aliphatic carbocycles. The Bertz CT molecular complexity index is 823. The number of phenols is 1. The zero-order valence-electron chi connectivity index (χ0n) is 14.1. The Morgan fingerprint density at radius 1 is 1.16 bits per heavy atom. The Morgan fingerprint density at radius 3 is 2.48 bits per heavy atom. The van der Waals surface area contributed by atoms with E-state index in [2.05, 4.69) is 0 Å². The molecule has 1 unspecified atom stereocenters. The van der Waals surface area contributed by atoms with Gasteiger partial charge in [-0.3, -0.25) is 9.59 Å². The number of methoxy groups -OCH3 is 2. The highest BCUT2D eigenvalue weighted by molar-refractivity contribution is 6.03. The maximum absolute atomic E-state index is 13.0. The summed E-state index contributed by atoms with van der Waals surface area (Å²) in [7, 11) is 3.03. The van der Waals surface area contributed by atoms with Crippen LogP contribution in [0.3, 0.4) is 0 Å². The molecule has 2 heterocycles. The van der Waals surface area contributed by atoms with E-state index in [9.17, 15) is 14.7 Å². The van der Waals surface area contributed by atoms with Gasteiger partial charge in [-0.2, -0.15) is 0 Å². The lowest BCUT2D eigenvalue weighted by Crippen LogP contribution is -2.37. The van der Waals surface area contributed by atoms with Gasteiger partial charge in [-0.15, -0.1) is 0 Å². The third kappa shape index (κ3) is 2.10. The van der Waals surface area contributed by atoms with Crippen molar-refractivity contribution >= 4 is 11.7 Å². The van der Waals surface area contributed by atoms with E-state index in [0.717, 1.165) is 11.1 Å². The van der Waals surface area contributed by atoms with Gasteiger partial charge < -0.3 is 19.5 Å². The minimum absolute atomic E-state index is 0.00162. The first-order chi connectivity index (χ1) is 12.0. The predicted octanol–water partition coefficient (Wildman–Crippen LogP) is 1.92. The summed E-state index contributed by atoms with van der Waals surface area (Å²) in [6.07, 6.45) is 7.49. The maximum Gasteiger partial charge on any atom is 0.237 e. The first-order valence-corrected chi connectivity index (χ1v) is 8.21.